The van der Waals surface area contributed by atoms with Gasteiger partial charge in [-0.3, -0.25) is 4.98 Å². The molecule has 2 atom stereocenters. The molecule has 0 amide bonds. The highest BCUT2D eigenvalue weighted by molar-refractivity contribution is 5.16. The van der Waals surface area contributed by atoms with Crippen LogP contribution in [0.5, 0.6) is 0 Å². The van der Waals surface area contributed by atoms with E-state index in [9.17, 15) is 8.78 Å². The molecule has 1 aromatic heterocycles. The molecular formula is C15H22F2N2. The molecule has 0 aliphatic carbocycles. The van der Waals surface area contributed by atoms with Gasteiger partial charge < -0.3 is 4.90 Å². The molecule has 2 heterocycles. The van der Waals surface area contributed by atoms with Crippen LogP contribution in [0.15, 0.2) is 6.07 Å². The van der Waals surface area contributed by atoms with Crippen LogP contribution in [0.1, 0.15) is 38.1 Å². The van der Waals surface area contributed by atoms with Crippen LogP contribution in [0.25, 0.3) is 0 Å². The second kappa shape index (κ2) is 5.95. The van der Waals surface area contributed by atoms with Gasteiger partial charge in [-0.05, 0) is 52.1 Å². The number of likely N-dealkylation sites (tertiary alicyclic amines) is 1. The summed E-state index contributed by atoms with van der Waals surface area (Å²) in [6.07, 6.45) is 3.23. The van der Waals surface area contributed by atoms with Gasteiger partial charge in [0, 0.05) is 12.1 Å². The minimum Gasteiger partial charge on any atom is -0.304 e. The molecule has 4 heteroatoms. The molecule has 0 bridgehead atoms. The lowest BCUT2D eigenvalue weighted by Crippen LogP contribution is -2.38. The first-order valence-corrected chi connectivity index (χ1v) is 7.05. The molecule has 0 saturated carbocycles. The van der Waals surface area contributed by atoms with Crippen LogP contribution in [-0.2, 0) is 12.8 Å². The lowest BCUT2D eigenvalue weighted by Gasteiger charge is -2.35. The van der Waals surface area contributed by atoms with E-state index in [2.05, 4.69) is 23.9 Å². The Hall–Kier alpha value is -1.03. The standard InChI is InChI=1S/C15H22F2N2/c1-4-14-12(16)9-13(17)15(18-14)8-11-5-6-19(3)10(2)7-11/h9-11H,4-8H2,1-3H3/t10-,11?/m1/s1. The fourth-order valence-corrected chi connectivity index (χ4v) is 2.78. The van der Waals surface area contributed by atoms with E-state index >= 15 is 0 Å². The molecule has 2 rings (SSSR count). The molecule has 106 valence electrons. The van der Waals surface area contributed by atoms with E-state index in [-0.39, 0.29) is 0 Å². The molecule has 19 heavy (non-hydrogen) atoms. The van der Waals surface area contributed by atoms with Gasteiger partial charge in [0.15, 0.2) is 0 Å². The first-order valence-electron chi connectivity index (χ1n) is 7.05. The van der Waals surface area contributed by atoms with Crippen molar-refractivity contribution in [1.29, 1.82) is 0 Å². The average molecular weight is 268 g/mol. The quantitative estimate of drug-likeness (QED) is 0.837. The van der Waals surface area contributed by atoms with Crippen molar-refractivity contribution in [3.05, 3.63) is 29.1 Å². The smallest absolute Gasteiger partial charge is 0.147 e. The van der Waals surface area contributed by atoms with E-state index in [4.69, 9.17) is 0 Å². The van der Waals surface area contributed by atoms with E-state index in [0.717, 1.165) is 25.5 Å². The Morgan fingerprint density at radius 2 is 2.00 bits per heavy atom. The van der Waals surface area contributed by atoms with E-state index in [1.165, 1.54) is 0 Å². The summed E-state index contributed by atoms with van der Waals surface area (Å²) >= 11 is 0. The summed E-state index contributed by atoms with van der Waals surface area (Å²) in [6, 6.07) is 1.51. The molecule has 1 aromatic rings. The van der Waals surface area contributed by atoms with E-state index in [1.54, 1.807) is 0 Å². The maximum atomic E-state index is 13.8. The number of aromatic nitrogens is 1. The zero-order chi connectivity index (χ0) is 14.0. The lowest BCUT2D eigenvalue weighted by atomic mass is 9.88. The van der Waals surface area contributed by atoms with E-state index < -0.39 is 11.6 Å². The van der Waals surface area contributed by atoms with Crippen molar-refractivity contribution in [1.82, 2.24) is 9.88 Å². The maximum absolute atomic E-state index is 13.8. The summed E-state index contributed by atoms with van der Waals surface area (Å²) in [5.41, 5.74) is 0.803. The van der Waals surface area contributed by atoms with Crippen molar-refractivity contribution in [3.63, 3.8) is 0 Å². The van der Waals surface area contributed by atoms with Crippen molar-refractivity contribution in [2.24, 2.45) is 5.92 Å². The molecular weight excluding hydrogens is 246 g/mol. The molecule has 1 fully saturated rings. The first kappa shape index (κ1) is 14.4. The first-order chi connectivity index (χ1) is 9.01. The highest BCUT2D eigenvalue weighted by Gasteiger charge is 2.24. The topological polar surface area (TPSA) is 16.1 Å². The molecule has 1 saturated heterocycles. The highest BCUT2D eigenvalue weighted by Crippen LogP contribution is 2.25. The zero-order valence-electron chi connectivity index (χ0n) is 11.9. The van der Waals surface area contributed by atoms with Gasteiger partial charge in [0.25, 0.3) is 0 Å². The lowest BCUT2D eigenvalue weighted by molar-refractivity contribution is 0.152. The molecule has 0 radical (unpaired) electrons. The Morgan fingerprint density at radius 3 is 2.63 bits per heavy atom. The SMILES string of the molecule is CCc1nc(CC2CCN(C)[C@H](C)C2)c(F)cc1F. The summed E-state index contributed by atoms with van der Waals surface area (Å²) in [5, 5.41) is 0. The van der Waals surface area contributed by atoms with Gasteiger partial charge in [-0.2, -0.15) is 0 Å². The van der Waals surface area contributed by atoms with Gasteiger partial charge in [0.05, 0.1) is 11.4 Å². The molecule has 1 unspecified atom stereocenters. The molecule has 0 aromatic carbocycles. The third-order valence-electron chi connectivity index (χ3n) is 4.21. The number of pyridine rings is 1. The largest absolute Gasteiger partial charge is 0.304 e. The minimum absolute atomic E-state index is 0.373. The second-order valence-electron chi connectivity index (χ2n) is 5.62. The summed E-state index contributed by atoms with van der Waals surface area (Å²) in [4.78, 5) is 6.49. The Bertz CT molecular complexity index is 448. The molecule has 1 aliphatic rings. The van der Waals surface area contributed by atoms with E-state index in [0.29, 0.717) is 36.2 Å². The summed E-state index contributed by atoms with van der Waals surface area (Å²) in [5.74, 6) is -0.579. The Labute approximate surface area is 113 Å². The number of hydrogen-bond acceptors (Lipinski definition) is 2. The maximum Gasteiger partial charge on any atom is 0.147 e. The normalized spacial score (nSPS) is 24.7. The number of nitrogens with zero attached hydrogens (tertiary/aromatic N) is 2. The summed E-state index contributed by atoms with van der Waals surface area (Å²) < 4.78 is 27.2. The van der Waals surface area contributed by atoms with Gasteiger partial charge in [0.1, 0.15) is 11.6 Å². The van der Waals surface area contributed by atoms with Crippen LogP contribution in [0, 0.1) is 17.6 Å². The summed E-state index contributed by atoms with van der Waals surface area (Å²) in [6.45, 7) is 5.07. The van der Waals surface area contributed by atoms with Crippen molar-refractivity contribution in [3.8, 4) is 0 Å². The van der Waals surface area contributed by atoms with Crippen LogP contribution in [0.3, 0.4) is 0 Å². The van der Waals surface area contributed by atoms with Crippen molar-refractivity contribution in [2.45, 2.75) is 45.6 Å². The second-order valence-corrected chi connectivity index (χ2v) is 5.62. The highest BCUT2D eigenvalue weighted by atomic mass is 19.1. The van der Waals surface area contributed by atoms with Crippen LogP contribution >= 0.6 is 0 Å². The van der Waals surface area contributed by atoms with Gasteiger partial charge in [-0.15, -0.1) is 0 Å². The predicted octanol–water partition coefficient (Wildman–Crippen LogP) is 3.20. The third kappa shape index (κ3) is 3.30. The predicted molar refractivity (Wildman–Crippen MR) is 72.1 cm³/mol. The third-order valence-corrected chi connectivity index (χ3v) is 4.21. The number of hydrogen-bond donors (Lipinski definition) is 0. The van der Waals surface area contributed by atoms with Crippen LogP contribution in [0.4, 0.5) is 8.78 Å². The number of aryl methyl sites for hydroxylation is 1. The number of piperidine rings is 1. The average Bonchev–Trinajstić information content (AvgIpc) is 2.37. The van der Waals surface area contributed by atoms with E-state index in [1.807, 2.05) is 6.92 Å². The van der Waals surface area contributed by atoms with Crippen molar-refractivity contribution < 1.29 is 8.78 Å². The molecule has 0 N–H and O–H groups in total. The van der Waals surface area contributed by atoms with Crippen LogP contribution in [-0.4, -0.2) is 29.5 Å². The number of halogens is 2. The minimum atomic E-state index is -0.527. The zero-order valence-corrected chi connectivity index (χ0v) is 11.9. The molecule has 1 aliphatic heterocycles. The van der Waals surface area contributed by atoms with Crippen molar-refractivity contribution >= 4 is 0 Å². The Morgan fingerprint density at radius 1 is 1.32 bits per heavy atom. The summed E-state index contributed by atoms with van der Waals surface area (Å²) in [7, 11) is 2.12. The van der Waals surface area contributed by atoms with Gasteiger partial charge in [-0.25, -0.2) is 8.78 Å². The van der Waals surface area contributed by atoms with Crippen LogP contribution in [0.2, 0.25) is 0 Å². The Balaban J connectivity index is 2.11. The van der Waals surface area contributed by atoms with Gasteiger partial charge >= 0.3 is 0 Å². The monoisotopic (exact) mass is 268 g/mol. The van der Waals surface area contributed by atoms with Gasteiger partial charge in [0.2, 0.25) is 0 Å². The molecule has 0 spiro atoms. The fraction of sp³-hybridized carbons (Fsp3) is 0.667. The van der Waals surface area contributed by atoms with Crippen LogP contribution < -0.4 is 0 Å². The van der Waals surface area contributed by atoms with Gasteiger partial charge in [-0.1, -0.05) is 6.92 Å². The van der Waals surface area contributed by atoms with Crippen molar-refractivity contribution in [2.75, 3.05) is 13.6 Å². The Kier molecular flexibility index (Phi) is 4.50. The molecule has 2 nitrogen and oxygen atoms in total. The number of rotatable bonds is 3. The fourth-order valence-electron chi connectivity index (χ4n) is 2.78.